The maximum absolute atomic E-state index is 9.24. The van der Waals surface area contributed by atoms with Crippen molar-refractivity contribution >= 4 is 17.4 Å². The summed E-state index contributed by atoms with van der Waals surface area (Å²) in [5.74, 6) is 0.701. The zero-order valence-electron chi connectivity index (χ0n) is 12.4. The Kier molecular flexibility index (Phi) is 5.59. The highest BCUT2D eigenvalue weighted by Crippen LogP contribution is 2.25. The number of aromatic nitrogens is 2. The van der Waals surface area contributed by atoms with Gasteiger partial charge in [0.15, 0.2) is 5.82 Å². The number of nitrogens with zero attached hydrogens (tertiary/aromatic N) is 5. The molecule has 0 saturated carbocycles. The van der Waals surface area contributed by atoms with Gasteiger partial charge >= 0.3 is 6.01 Å². The molecule has 0 radical (unpaired) electrons. The van der Waals surface area contributed by atoms with Crippen molar-refractivity contribution in [3.8, 4) is 12.1 Å². The van der Waals surface area contributed by atoms with Crippen molar-refractivity contribution in [3.05, 3.63) is 11.2 Å². The van der Waals surface area contributed by atoms with Crippen LogP contribution in [-0.2, 0) is 0 Å². The summed E-state index contributed by atoms with van der Waals surface area (Å²) in [5, 5.41) is 9.76. The maximum Gasteiger partial charge on any atom is 0.318 e. The van der Waals surface area contributed by atoms with Crippen LogP contribution < -0.4 is 9.64 Å². The lowest BCUT2D eigenvalue weighted by molar-refractivity contribution is 0.211. The Labute approximate surface area is 130 Å². The van der Waals surface area contributed by atoms with Gasteiger partial charge in [-0.05, 0) is 6.42 Å². The molecule has 0 bridgehead atoms. The Morgan fingerprint density at radius 2 is 2.14 bits per heavy atom. The number of piperazine rings is 1. The van der Waals surface area contributed by atoms with Crippen LogP contribution >= 0.6 is 11.6 Å². The molecule has 1 fully saturated rings. The lowest BCUT2D eigenvalue weighted by atomic mass is 10.1. The van der Waals surface area contributed by atoms with Crippen LogP contribution in [0.1, 0.15) is 19.8 Å². The van der Waals surface area contributed by atoms with Gasteiger partial charge in [0.2, 0.25) is 0 Å². The third kappa shape index (κ3) is 3.74. The minimum atomic E-state index is 0.00700. The third-order valence-corrected chi connectivity index (χ3v) is 3.92. The Hall–Kier alpha value is -1.58. The van der Waals surface area contributed by atoms with Crippen molar-refractivity contribution in [1.29, 1.82) is 5.26 Å². The number of ether oxygens (including phenoxy) is 1. The molecule has 1 aromatic heterocycles. The Morgan fingerprint density at radius 1 is 1.43 bits per heavy atom. The fraction of sp³-hybridized carbons (Fsp3) is 0.643. The summed E-state index contributed by atoms with van der Waals surface area (Å²) < 4.78 is 5.05. The molecule has 2 rings (SSSR count). The van der Waals surface area contributed by atoms with Crippen molar-refractivity contribution < 1.29 is 4.74 Å². The molecule has 2 heterocycles. The van der Waals surface area contributed by atoms with Gasteiger partial charge in [0.25, 0.3) is 0 Å². The number of methoxy groups -OCH3 is 1. The van der Waals surface area contributed by atoms with Crippen molar-refractivity contribution in [2.75, 3.05) is 38.2 Å². The fourth-order valence-electron chi connectivity index (χ4n) is 2.51. The molecule has 0 aromatic carbocycles. The Morgan fingerprint density at radius 3 is 2.71 bits per heavy atom. The Bertz CT molecular complexity index is 511. The van der Waals surface area contributed by atoms with Gasteiger partial charge in [0, 0.05) is 26.2 Å². The number of halogens is 1. The molecule has 1 atom stereocenters. The fourth-order valence-corrected chi connectivity index (χ4v) is 2.72. The van der Waals surface area contributed by atoms with Crippen LogP contribution in [-0.4, -0.2) is 54.2 Å². The van der Waals surface area contributed by atoms with E-state index in [2.05, 4.69) is 32.8 Å². The van der Waals surface area contributed by atoms with Crippen LogP contribution in [0.3, 0.4) is 0 Å². The summed E-state index contributed by atoms with van der Waals surface area (Å²) in [7, 11) is 1.53. The highest BCUT2D eigenvalue weighted by Gasteiger charge is 2.25. The van der Waals surface area contributed by atoms with Gasteiger partial charge in [-0.3, -0.25) is 4.90 Å². The average Bonchev–Trinajstić information content (AvgIpc) is 2.53. The highest BCUT2D eigenvalue weighted by molar-refractivity contribution is 6.32. The summed E-state index contributed by atoms with van der Waals surface area (Å²) in [6.45, 7) is 5.36. The largest absolute Gasteiger partial charge is 0.467 e. The molecule has 1 aromatic rings. The molecule has 21 heavy (non-hydrogen) atoms. The molecule has 1 aliphatic rings. The summed E-state index contributed by atoms with van der Waals surface area (Å²) in [4.78, 5) is 12.6. The molecule has 1 aliphatic heterocycles. The van der Waals surface area contributed by atoms with E-state index in [0.717, 1.165) is 39.0 Å². The first-order valence-electron chi connectivity index (χ1n) is 7.14. The van der Waals surface area contributed by atoms with Gasteiger partial charge in [-0.2, -0.15) is 10.2 Å². The number of rotatable bonds is 5. The van der Waals surface area contributed by atoms with Crippen molar-refractivity contribution in [2.45, 2.75) is 25.8 Å². The van der Waals surface area contributed by atoms with Crippen LogP contribution in [0.4, 0.5) is 5.82 Å². The van der Waals surface area contributed by atoms with Gasteiger partial charge in [-0.1, -0.05) is 24.9 Å². The van der Waals surface area contributed by atoms with E-state index in [1.54, 1.807) is 6.20 Å². The van der Waals surface area contributed by atoms with Crippen LogP contribution in [0.15, 0.2) is 6.20 Å². The number of nitriles is 1. The van der Waals surface area contributed by atoms with E-state index in [4.69, 9.17) is 16.3 Å². The topological polar surface area (TPSA) is 65.3 Å². The van der Waals surface area contributed by atoms with E-state index in [-0.39, 0.29) is 6.04 Å². The monoisotopic (exact) mass is 309 g/mol. The van der Waals surface area contributed by atoms with Crippen molar-refractivity contribution in [1.82, 2.24) is 14.9 Å². The lowest BCUT2D eigenvalue weighted by Crippen LogP contribution is -2.50. The van der Waals surface area contributed by atoms with E-state index in [0.29, 0.717) is 16.9 Å². The second kappa shape index (κ2) is 7.43. The summed E-state index contributed by atoms with van der Waals surface area (Å²) in [6.07, 6.45) is 3.50. The molecule has 0 spiro atoms. The minimum Gasteiger partial charge on any atom is -0.467 e. The highest BCUT2D eigenvalue weighted by atomic mass is 35.5. The number of anilines is 1. The third-order valence-electron chi connectivity index (χ3n) is 3.65. The summed E-state index contributed by atoms with van der Waals surface area (Å²) >= 11 is 6.17. The van der Waals surface area contributed by atoms with Gasteiger partial charge in [-0.15, -0.1) is 0 Å². The first-order valence-corrected chi connectivity index (χ1v) is 7.52. The first kappa shape index (κ1) is 15.8. The van der Waals surface area contributed by atoms with E-state index < -0.39 is 0 Å². The summed E-state index contributed by atoms with van der Waals surface area (Å²) in [5.41, 5.74) is 0. The van der Waals surface area contributed by atoms with Crippen LogP contribution in [0, 0.1) is 11.3 Å². The number of hydrogen-bond donors (Lipinski definition) is 0. The smallest absolute Gasteiger partial charge is 0.318 e. The molecule has 7 heteroatoms. The number of hydrogen-bond acceptors (Lipinski definition) is 6. The predicted molar refractivity (Wildman–Crippen MR) is 81.7 cm³/mol. The van der Waals surface area contributed by atoms with E-state index >= 15 is 0 Å². The van der Waals surface area contributed by atoms with Crippen LogP contribution in [0.2, 0.25) is 5.02 Å². The molecule has 1 unspecified atom stereocenters. The molecule has 114 valence electrons. The standard InChI is InChI=1S/C14H20ClN5O/c1-3-4-11(9-16)19-5-7-20(8-6-19)13-12(15)10-17-14(18-13)21-2/h10-11H,3-8H2,1-2H3. The second-order valence-corrected chi connectivity index (χ2v) is 5.39. The molecule has 0 amide bonds. The van der Waals surface area contributed by atoms with Crippen molar-refractivity contribution in [3.63, 3.8) is 0 Å². The van der Waals surface area contributed by atoms with E-state index in [9.17, 15) is 5.26 Å². The van der Waals surface area contributed by atoms with Crippen LogP contribution in [0.25, 0.3) is 0 Å². The van der Waals surface area contributed by atoms with Gasteiger partial charge in [0.05, 0.1) is 25.4 Å². The normalized spacial score (nSPS) is 17.3. The zero-order valence-corrected chi connectivity index (χ0v) is 13.2. The Balaban J connectivity index is 2.02. The van der Waals surface area contributed by atoms with Gasteiger partial charge in [0.1, 0.15) is 5.02 Å². The maximum atomic E-state index is 9.24. The minimum absolute atomic E-state index is 0.00700. The second-order valence-electron chi connectivity index (χ2n) is 4.98. The molecule has 6 nitrogen and oxygen atoms in total. The van der Waals surface area contributed by atoms with Crippen molar-refractivity contribution in [2.24, 2.45) is 0 Å². The SMILES string of the molecule is CCCC(C#N)N1CCN(c2nc(OC)ncc2Cl)CC1. The molecular formula is C14H20ClN5O. The average molecular weight is 310 g/mol. The molecule has 0 N–H and O–H groups in total. The predicted octanol–water partition coefficient (Wildman–Crippen LogP) is 1.95. The van der Waals surface area contributed by atoms with Gasteiger partial charge < -0.3 is 9.64 Å². The van der Waals surface area contributed by atoms with Gasteiger partial charge in [-0.25, -0.2) is 4.98 Å². The van der Waals surface area contributed by atoms with E-state index in [1.807, 2.05) is 0 Å². The summed E-state index contributed by atoms with van der Waals surface area (Å²) in [6, 6.07) is 2.72. The quantitative estimate of drug-likeness (QED) is 0.828. The van der Waals surface area contributed by atoms with Crippen LogP contribution in [0.5, 0.6) is 6.01 Å². The molecule has 1 saturated heterocycles. The first-order chi connectivity index (χ1) is 10.2. The lowest BCUT2D eigenvalue weighted by Gasteiger charge is -2.37. The molecular weight excluding hydrogens is 290 g/mol. The zero-order chi connectivity index (χ0) is 15.2. The van der Waals surface area contributed by atoms with E-state index in [1.165, 1.54) is 7.11 Å². The molecule has 0 aliphatic carbocycles.